The van der Waals surface area contributed by atoms with E-state index in [1.807, 2.05) is 0 Å². The van der Waals surface area contributed by atoms with Gasteiger partial charge in [0, 0.05) is 18.8 Å². The second-order valence-electron chi connectivity index (χ2n) is 3.64. The number of carbonyl (C=O) groups is 2. The fourth-order valence-electron chi connectivity index (χ4n) is 1.50. The molecule has 1 aromatic carbocycles. The second kappa shape index (κ2) is 4.73. The first-order valence-corrected chi connectivity index (χ1v) is 5.23. The molecule has 0 aliphatic carbocycles. The summed E-state index contributed by atoms with van der Waals surface area (Å²) in [7, 11) is 0. The van der Waals surface area contributed by atoms with Crippen molar-refractivity contribution in [2.75, 3.05) is 25.4 Å². The van der Waals surface area contributed by atoms with E-state index < -0.39 is 0 Å². The lowest BCUT2D eigenvalue weighted by atomic mass is 10.3. The van der Waals surface area contributed by atoms with Crippen LogP contribution in [0.5, 0.6) is 5.75 Å². The molecule has 0 atom stereocenters. The topological polar surface area (TPSA) is 84.7 Å². The molecule has 1 aliphatic rings. The van der Waals surface area contributed by atoms with Crippen molar-refractivity contribution >= 4 is 17.6 Å². The van der Waals surface area contributed by atoms with Gasteiger partial charge >= 0.3 is 6.03 Å². The third-order valence-electron chi connectivity index (χ3n) is 2.40. The summed E-state index contributed by atoms with van der Waals surface area (Å²) in [5, 5.41) is 2.55. The summed E-state index contributed by atoms with van der Waals surface area (Å²) in [5.41, 5.74) is 6.14. The van der Waals surface area contributed by atoms with Crippen molar-refractivity contribution in [3.63, 3.8) is 0 Å². The van der Waals surface area contributed by atoms with Crippen molar-refractivity contribution in [2.24, 2.45) is 0 Å². The zero-order valence-electron chi connectivity index (χ0n) is 9.18. The van der Waals surface area contributed by atoms with Crippen molar-refractivity contribution in [1.82, 2.24) is 10.2 Å². The van der Waals surface area contributed by atoms with Crippen LogP contribution in [0.25, 0.3) is 0 Å². The molecular formula is C11H13N3O3. The monoisotopic (exact) mass is 235 g/mol. The van der Waals surface area contributed by atoms with Crippen LogP contribution in [0.1, 0.15) is 0 Å². The van der Waals surface area contributed by atoms with E-state index in [-0.39, 0.29) is 18.5 Å². The summed E-state index contributed by atoms with van der Waals surface area (Å²) in [6.07, 6.45) is 0. The van der Waals surface area contributed by atoms with Crippen LogP contribution in [-0.4, -0.2) is 36.5 Å². The zero-order valence-corrected chi connectivity index (χ0v) is 9.18. The predicted molar refractivity (Wildman–Crippen MR) is 61.5 cm³/mol. The van der Waals surface area contributed by atoms with E-state index in [1.165, 1.54) is 0 Å². The average molecular weight is 235 g/mol. The molecule has 6 heteroatoms. The summed E-state index contributed by atoms with van der Waals surface area (Å²) in [5.74, 6) is 0.198. The van der Waals surface area contributed by atoms with Gasteiger partial charge in [0.1, 0.15) is 5.75 Å². The van der Waals surface area contributed by atoms with E-state index in [4.69, 9.17) is 10.5 Å². The molecule has 1 saturated heterocycles. The number of rotatable bonds is 3. The molecule has 6 nitrogen and oxygen atoms in total. The third kappa shape index (κ3) is 2.66. The number of hydrogen-bond acceptors (Lipinski definition) is 4. The van der Waals surface area contributed by atoms with E-state index in [0.717, 1.165) is 4.90 Å². The molecule has 1 aromatic rings. The maximum atomic E-state index is 11.6. The largest absolute Gasteiger partial charge is 0.484 e. The minimum atomic E-state index is -0.365. The van der Waals surface area contributed by atoms with E-state index in [2.05, 4.69) is 5.32 Å². The Morgan fingerprint density at radius 3 is 2.71 bits per heavy atom. The number of nitrogens with two attached hydrogens (primary N) is 1. The molecule has 1 fully saturated rings. The number of hydrogen-bond donors (Lipinski definition) is 2. The van der Waals surface area contributed by atoms with E-state index >= 15 is 0 Å². The Morgan fingerprint density at radius 1 is 1.41 bits per heavy atom. The molecule has 1 heterocycles. The van der Waals surface area contributed by atoms with Gasteiger partial charge in [-0.3, -0.25) is 9.69 Å². The Bertz CT molecular complexity index is 430. The fourth-order valence-corrected chi connectivity index (χ4v) is 1.50. The van der Waals surface area contributed by atoms with Crippen LogP contribution in [0.2, 0.25) is 0 Å². The Labute approximate surface area is 98.3 Å². The number of benzene rings is 1. The highest BCUT2D eigenvalue weighted by Crippen LogP contribution is 2.13. The summed E-state index contributed by atoms with van der Waals surface area (Å²) in [6, 6.07) is 6.35. The van der Waals surface area contributed by atoms with Gasteiger partial charge in [0.25, 0.3) is 5.91 Å². The molecular weight excluding hydrogens is 222 g/mol. The number of imide groups is 1. The first-order chi connectivity index (χ1) is 8.16. The Hall–Kier alpha value is -2.24. The summed E-state index contributed by atoms with van der Waals surface area (Å²) < 4.78 is 5.26. The molecule has 0 bridgehead atoms. The van der Waals surface area contributed by atoms with Crippen molar-refractivity contribution in [3.8, 4) is 5.75 Å². The van der Waals surface area contributed by atoms with Crippen molar-refractivity contribution in [1.29, 1.82) is 0 Å². The first kappa shape index (κ1) is 11.3. The standard InChI is InChI=1S/C11H13N3O3/c12-8-1-3-9(4-2-8)17-7-10(15)14-6-5-13-11(14)16/h1-4H,5-7,12H2,(H,13,16). The van der Waals surface area contributed by atoms with Crippen molar-refractivity contribution in [3.05, 3.63) is 24.3 Å². The van der Waals surface area contributed by atoms with Gasteiger partial charge in [-0.2, -0.15) is 0 Å². The Kier molecular flexibility index (Phi) is 3.13. The minimum absolute atomic E-state index is 0.155. The molecule has 3 N–H and O–H groups in total. The zero-order chi connectivity index (χ0) is 12.3. The van der Waals surface area contributed by atoms with Gasteiger partial charge in [-0.25, -0.2) is 4.79 Å². The number of ether oxygens (including phenoxy) is 1. The van der Waals surface area contributed by atoms with Crippen LogP contribution in [-0.2, 0) is 4.79 Å². The number of anilines is 1. The molecule has 1 aliphatic heterocycles. The Balaban J connectivity index is 1.87. The van der Waals surface area contributed by atoms with Gasteiger partial charge < -0.3 is 15.8 Å². The van der Waals surface area contributed by atoms with E-state index in [0.29, 0.717) is 24.5 Å². The summed E-state index contributed by atoms with van der Waals surface area (Å²) in [6.45, 7) is 0.729. The summed E-state index contributed by atoms with van der Waals surface area (Å²) >= 11 is 0. The van der Waals surface area contributed by atoms with Gasteiger partial charge in [-0.05, 0) is 24.3 Å². The number of nitrogen functional groups attached to an aromatic ring is 1. The van der Waals surface area contributed by atoms with Crippen LogP contribution in [0, 0.1) is 0 Å². The lowest BCUT2D eigenvalue weighted by Gasteiger charge is -2.12. The fraction of sp³-hybridized carbons (Fsp3) is 0.273. The summed E-state index contributed by atoms with van der Waals surface area (Å²) in [4.78, 5) is 23.9. The normalized spacial score (nSPS) is 14.6. The molecule has 2 rings (SSSR count). The van der Waals surface area contributed by atoms with E-state index in [9.17, 15) is 9.59 Å². The number of nitrogens with zero attached hydrogens (tertiary/aromatic N) is 1. The van der Waals surface area contributed by atoms with Crippen molar-refractivity contribution < 1.29 is 14.3 Å². The smallest absolute Gasteiger partial charge is 0.324 e. The highest BCUT2D eigenvalue weighted by molar-refractivity contribution is 5.96. The molecule has 0 aromatic heterocycles. The predicted octanol–water partition coefficient (Wildman–Crippen LogP) is 0.199. The number of amides is 3. The maximum absolute atomic E-state index is 11.6. The van der Waals surface area contributed by atoms with E-state index in [1.54, 1.807) is 24.3 Å². The molecule has 0 saturated carbocycles. The lowest BCUT2D eigenvalue weighted by molar-refractivity contribution is -0.129. The molecule has 0 unspecified atom stereocenters. The van der Waals surface area contributed by atoms with Gasteiger partial charge in [-0.1, -0.05) is 0 Å². The first-order valence-electron chi connectivity index (χ1n) is 5.23. The van der Waals surface area contributed by atoms with Gasteiger partial charge in [0.05, 0.1) is 0 Å². The highest BCUT2D eigenvalue weighted by atomic mass is 16.5. The van der Waals surface area contributed by atoms with Crippen LogP contribution in [0.3, 0.4) is 0 Å². The maximum Gasteiger partial charge on any atom is 0.324 e. The molecule has 0 radical (unpaired) electrons. The SMILES string of the molecule is Nc1ccc(OCC(=O)N2CCNC2=O)cc1. The van der Waals surface area contributed by atoms with Gasteiger partial charge in [0.2, 0.25) is 0 Å². The van der Waals surface area contributed by atoms with Crippen LogP contribution in [0.15, 0.2) is 24.3 Å². The molecule has 3 amide bonds. The highest BCUT2D eigenvalue weighted by Gasteiger charge is 2.26. The van der Waals surface area contributed by atoms with Crippen LogP contribution in [0.4, 0.5) is 10.5 Å². The number of urea groups is 1. The molecule has 90 valence electrons. The van der Waals surface area contributed by atoms with Gasteiger partial charge in [-0.15, -0.1) is 0 Å². The molecule has 0 spiro atoms. The third-order valence-corrected chi connectivity index (χ3v) is 2.40. The Morgan fingerprint density at radius 2 is 2.12 bits per heavy atom. The molecule has 17 heavy (non-hydrogen) atoms. The number of carbonyl (C=O) groups excluding carboxylic acids is 2. The average Bonchev–Trinajstić information content (AvgIpc) is 2.74. The second-order valence-corrected chi connectivity index (χ2v) is 3.64. The minimum Gasteiger partial charge on any atom is -0.484 e. The van der Waals surface area contributed by atoms with Gasteiger partial charge in [0.15, 0.2) is 6.61 Å². The quantitative estimate of drug-likeness (QED) is 0.733. The lowest BCUT2D eigenvalue weighted by Crippen LogP contribution is -2.37. The van der Waals surface area contributed by atoms with Crippen molar-refractivity contribution in [2.45, 2.75) is 0 Å². The number of nitrogens with one attached hydrogen (secondary N) is 1. The van der Waals surface area contributed by atoms with Crippen LogP contribution >= 0.6 is 0 Å². The van der Waals surface area contributed by atoms with Crippen LogP contribution < -0.4 is 15.8 Å².